The quantitative estimate of drug-likeness (QED) is 0.483. The Morgan fingerprint density at radius 2 is 2.20 bits per heavy atom. The van der Waals surface area contributed by atoms with E-state index in [2.05, 4.69) is 0 Å². The SMILES string of the molecule is CC.CC1CC=CC(=O)O1. The van der Waals surface area contributed by atoms with Gasteiger partial charge in [-0.05, 0) is 6.92 Å². The van der Waals surface area contributed by atoms with E-state index in [4.69, 9.17) is 4.74 Å². The van der Waals surface area contributed by atoms with Crippen molar-refractivity contribution in [3.05, 3.63) is 12.2 Å². The van der Waals surface area contributed by atoms with E-state index in [1.54, 1.807) is 0 Å². The Morgan fingerprint density at radius 3 is 2.50 bits per heavy atom. The third-order valence-electron chi connectivity index (χ3n) is 1.04. The number of cyclic esters (lactones) is 1. The number of carbonyl (C=O) groups excluding carboxylic acids is 1. The summed E-state index contributed by atoms with van der Waals surface area (Å²) in [6.45, 7) is 5.88. The Labute approximate surface area is 61.9 Å². The monoisotopic (exact) mass is 142 g/mol. The topological polar surface area (TPSA) is 26.3 Å². The summed E-state index contributed by atoms with van der Waals surface area (Å²) in [5.74, 6) is -0.219. The molecule has 1 rings (SSSR count). The molecule has 0 radical (unpaired) electrons. The molecule has 58 valence electrons. The van der Waals surface area contributed by atoms with Gasteiger partial charge in [-0.2, -0.15) is 0 Å². The normalized spacial score (nSPS) is 22.7. The highest BCUT2D eigenvalue weighted by atomic mass is 16.5. The number of rotatable bonds is 0. The van der Waals surface area contributed by atoms with Gasteiger partial charge in [0.1, 0.15) is 6.10 Å². The zero-order valence-corrected chi connectivity index (χ0v) is 6.76. The van der Waals surface area contributed by atoms with Crippen LogP contribution in [0.2, 0.25) is 0 Å². The minimum Gasteiger partial charge on any atom is -0.459 e. The van der Waals surface area contributed by atoms with Crippen molar-refractivity contribution >= 4 is 5.97 Å². The molecule has 2 nitrogen and oxygen atoms in total. The van der Waals surface area contributed by atoms with Crippen molar-refractivity contribution in [3.63, 3.8) is 0 Å². The fourth-order valence-electron chi connectivity index (χ4n) is 0.642. The van der Waals surface area contributed by atoms with Gasteiger partial charge in [-0.15, -0.1) is 0 Å². The summed E-state index contributed by atoms with van der Waals surface area (Å²) in [7, 11) is 0. The third kappa shape index (κ3) is 3.28. The highest BCUT2D eigenvalue weighted by molar-refractivity contribution is 5.82. The molecule has 0 N–H and O–H groups in total. The molecular formula is C8H14O2. The Hall–Kier alpha value is -0.790. The molecule has 0 saturated heterocycles. The van der Waals surface area contributed by atoms with Crippen molar-refractivity contribution in [2.45, 2.75) is 33.3 Å². The molecule has 1 aliphatic rings. The van der Waals surface area contributed by atoms with Crippen LogP contribution in [0.3, 0.4) is 0 Å². The molecule has 0 spiro atoms. The molecule has 2 heteroatoms. The summed E-state index contributed by atoms with van der Waals surface area (Å²) < 4.78 is 4.76. The van der Waals surface area contributed by atoms with Gasteiger partial charge in [0.25, 0.3) is 0 Å². The standard InChI is InChI=1S/C6H8O2.C2H6/c1-5-3-2-4-6(7)8-5;1-2/h2,4-5H,3H2,1H3;1-2H3. The van der Waals surface area contributed by atoms with E-state index in [1.807, 2.05) is 26.8 Å². The summed E-state index contributed by atoms with van der Waals surface area (Å²) >= 11 is 0. The number of esters is 1. The van der Waals surface area contributed by atoms with Gasteiger partial charge in [0.05, 0.1) is 0 Å². The first-order valence-corrected chi connectivity index (χ1v) is 3.66. The van der Waals surface area contributed by atoms with Crippen molar-refractivity contribution in [2.24, 2.45) is 0 Å². The first-order valence-electron chi connectivity index (χ1n) is 3.66. The van der Waals surface area contributed by atoms with Crippen molar-refractivity contribution in [1.29, 1.82) is 0 Å². The van der Waals surface area contributed by atoms with Crippen molar-refractivity contribution in [2.75, 3.05) is 0 Å². The molecule has 0 amide bonds. The average molecular weight is 142 g/mol. The van der Waals surface area contributed by atoms with Gasteiger partial charge in [0.15, 0.2) is 0 Å². The molecule has 0 bridgehead atoms. The first-order chi connectivity index (χ1) is 4.79. The molecule has 0 aromatic carbocycles. The lowest BCUT2D eigenvalue weighted by molar-refractivity contribution is -0.143. The second kappa shape index (κ2) is 5.03. The predicted molar refractivity (Wildman–Crippen MR) is 40.7 cm³/mol. The minimum atomic E-state index is -0.219. The molecule has 0 saturated carbocycles. The van der Waals surface area contributed by atoms with E-state index in [0.717, 1.165) is 6.42 Å². The highest BCUT2D eigenvalue weighted by Gasteiger charge is 2.08. The maximum Gasteiger partial charge on any atom is 0.330 e. The Bertz CT molecular complexity index is 127. The summed E-state index contributed by atoms with van der Waals surface area (Å²) in [6, 6.07) is 0. The van der Waals surface area contributed by atoms with Crippen LogP contribution in [-0.4, -0.2) is 12.1 Å². The highest BCUT2D eigenvalue weighted by Crippen LogP contribution is 2.04. The smallest absolute Gasteiger partial charge is 0.330 e. The van der Waals surface area contributed by atoms with Gasteiger partial charge in [0, 0.05) is 12.5 Å². The maximum atomic E-state index is 10.4. The number of hydrogen-bond acceptors (Lipinski definition) is 2. The number of carbonyl (C=O) groups is 1. The van der Waals surface area contributed by atoms with E-state index in [1.165, 1.54) is 6.08 Å². The zero-order valence-electron chi connectivity index (χ0n) is 6.76. The van der Waals surface area contributed by atoms with Gasteiger partial charge >= 0.3 is 5.97 Å². The van der Waals surface area contributed by atoms with E-state index < -0.39 is 0 Å². The average Bonchev–Trinajstić information content (AvgIpc) is 1.91. The van der Waals surface area contributed by atoms with E-state index in [-0.39, 0.29) is 12.1 Å². The van der Waals surface area contributed by atoms with Gasteiger partial charge < -0.3 is 4.74 Å². The molecule has 0 aliphatic carbocycles. The van der Waals surface area contributed by atoms with E-state index in [9.17, 15) is 4.79 Å². The van der Waals surface area contributed by atoms with Crippen LogP contribution in [-0.2, 0) is 9.53 Å². The van der Waals surface area contributed by atoms with Crippen LogP contribution in [0.5, 0.6) is 0 Å². The minimum absolute atomic E-state index is 0.0764. The lowest BCUT2D eigenvalue weighted by Crippen LogP contribution is -2.15. The lowest BCUT2D eigenvalue weighted by Gasteiger charge is -2.12. The van der Waals surface area contributed by atoms with Crippen molar-refractivity contribution in [3.8, 4) is 0 Å². The molecule has 1 heterocycles. The maximum absolute atomic E-state index is 10.4. The van der Waals surface area contributed by atoms with Gasteiger partial charge in [0.2, 0.25) is 0 Å². The Morgan fingerprint density at radius 1 is 1.60 bits per heavy atom. The summed E-state index contributed by atoms with van der Waals surface area (Å²) in [6.07, 6.45) is 4.22. The fraction of sp³-hybridized carbons (Fsp3) is 0.625. The second-order valence-electron chi connectivity index (χ2n) is 1.89. The van der Waals surface area contributed by atoms with E-state index in [0.29, 0.717) is 0 Å². The van der Waals surface area contributed by atoms with Gasteiger partial charge in [-0.3, -0.25) is 0 Å². The predicted octanol–water partition coefficient (Wildman–Crippen LogP) is 1.90. The molecule has 1 aliphatic heterocycles. The van der Waals surface area contributed by atoms with Gasteiger partial charge in [-0.1, -0.05) is 19.9 Å². The van der Waals surface area contributed by atoms with Crippen LogP contribution >= 0.6 is 0 Å². The Kier molecular flexibility index (Phi) is 4.63. The summed E-state index contributed by atoms with van der Waals surface area (Å²) in [5, 5.41) is 0. The van der Waals surface area contributed by atoms with Gasteiger partial charge in [-0.25, -0.2) is 4.79 Å². The van der Waals surface area contributed by atoms with Crippen LogP contribution in [0.15, 0.2) is 12.2 Å². The fourth-order valence-corrected chi connectivity index (χ4v) is 0.642. The lowest BCUT2D eigenvalue weighted by atomic mass is 10.2. The summed E-state index contributed by atoms with van der Waals surface area (Å²) in [5.41, 5.74) is 0. The van der Waals surface area contributed by atoms with Crippen LogP contribution in [0.1, 0.15) is 27.2 Å². The van der Waals surface area contributed by atoms with Crippen LogP contribution < -0.4 is 0 Å². The summed E-state index contributed by atoms with van der Waals surface area (Å²) in [4.78, 5) is 10.4. The Balaban J connectivity index is 0.000000371. The zero-order chi connectivity index (χ0) is 7.98. The van der Waals surface area contributed by atoms with Crippen LogP contribution in [0, 0.1) is 0 Å². The van der Waals surface area contributed by atoms with Crippen LogP contribution in [0.4, 0.5) is 0 Å². The molecule has 1 atom stereocenters. The molecule has 1 unspecified atom stereocenters. The molecule has 0 aromatic heterocycles. The van der Waals surface area contributed by atoms with Crippen molar-refractivity contribution < 1.29 is 9.53 Å². The first kappa shape index (κ1) is 9.21. The third-order valence-corrected chi connectivity index (χ3v) is 1.04. The number of ether oxygens (including phenoxy) is 1. The molecule has 0 aromatic rings. The van der Waals surface area contributed by atoms with Crippen LogP contribution in [0.25, 0.3) is 0 Å². The second-order valence-corrected chi connectivity index (χ2v) is 1.89. The molecular weight excluding hydrogens is 128 g/mol. The molecule has 10 heavy (non-hydrogen) atoms. The van der Waals surface area contributed by atoms with Crippen molar-refractivity contribution in [1.82, 2.24) is 0 Å². The van der Waals surface area contributed by atoms with E-state index >= 15 is 0 Å². The largest absolute Gasteiger partial charge is 0.459 e. The number of hydrogen-bond donors (Lipinski definition) is 0. The molecule has 0 fully saturated rings.